The van der Waals surface area contributed by atoms with E-state index in [2.05, 4.69) is 10.6 Å². The lowest BCUT2D eigenvalue weighted by Crippen LogP contribution is -2.28. The molecule has 10 heteroatoms. The van der Waals surface area contributed by atoms with Crippen molar-refractivity contribution in [2.24, 2.45) is 5.73 Å². The zero-order valence-corrected chi connectivity index (χ0v) is 17.6. The number of hydrogen-bond acceptors (Lipinski definition) is 6. The van der Waals surface area contributed by atoms with E-state index in [1.807, 2.05) is 60.7 Å². The average molecular weight is 455 g/mol. The van der Waals surface area contributed by atoms with E-state index >= 15 is 0 Å². The fourth-order valence-corrected chi connectivity index (χ4v) is 3.58. The largest absolute Gasteiger partial charge is 0.473 e. The molecule has 0 saturated carbocycles. The highest BCUT2D eigenvalue weighted by molar-refractivity contribution is 7.20. The lowest BCUT2D eigenvalue weighted by Gasteiger charge is -2.06. The highest BCUT2D eigenvalue weighted by Gasteiger charge is 2.16. The zero-order chi connectivity index (χ0) is 23.5. The van der Waals surface area contributed by atoms with Gasteiger partial charge in [0.05, 0.1) is 12.1 Å². The standard InChI is InChI=1S/C20H19N3O2S.C2H2O4/c21-19(25)16-11-17(15-9-5-2-6-10-15)26-20(16)23-18(24)13-22-12-14-7-3-1-4-8-14;3-1(4)2(5)6/h1-11,22H,12-13H2,(H2,21,25)(H,23,24);(H,3,4)(H,5,6). The SMILES string of the molecule is NC(=O)c1cc(-c2ccccc2)sc1NC(=O)CNCc1ccccc1.O=C(O)C(=O)O. The molecule has 2 amide bonds. The molecular formula is C22H21N3O6S. The van der Waals surface area contributed by atoms with Crippen LogP contribution >= 0.6 is 11.3 Å². The van der Waals surface area contributed by atoms with Gasteiger partial charge < -0.3 is 26.6 Å². The third-order valence-corrected chi connectivity index (χ3v) is 5.05. The second kappa shape index (κ2) is 12.0. The van der Waals surface area contributed by atoms with E-state index in [0.29, 0.717) is 17.1 Å². The summed E-state index contributed by atoms with van der Waals surface area (Å²) in [5.74, 6) is -4.43. The van der Waals surface area contributed by atoms with Crippen molar-refractivity contribution in [3.8, 4) is 10.4 Å². The van der Waals surface area contributed by atoms with E-state index in [1.165, 1.54) is 11.3 Å². The Kier molecular flexibility index (Phi) is 9.08. The monoisotopic (exact) mass is 455 g/mol. The summed E-state index contributed by atoms with van der Waals surface area (Å²) in [6, 6.07) is 21.2. The number of aliphatic carboxylic acids is 2. The molecule has 0 aliphatic carbocycles. The first kappa shape index (κ1) is 24.3. The van der Waals surface area contributed by atoms with E-state index in [0.717, 1.165) is 16.0 Å². The molecule has 32 heavy (non-hydrogen) atoms. The highest BCUT2D eigenvalue weighted by Crippen LogP contribution is 2.35. The number of nitrogens with one attached hydrogen (secondary N) is 2. The fraction of sp³-hybridized carbons (Fsp3) is 0.0909. The third-order valence-electron chi connectivity index (χ3n) is 3.95. The number of carboxylic acids is 2. The molecule has 9 nitrogen and oxygen atoms in total. The van der Waals surface area contributed by atoms with Crippen LogP contribution < -0.4 is 16.4 Å². The van der Waals surface area contributed by atoms with Crippen molar-refractivity contribution in [2.45, 2.75) is 6.54 Å². The topological polar surface area (TPSA) is 159 Å². The fourth-order valence-electron chi connectivity index (χ4n) is 2.50. The van der Waals surface area contributed by atoms with Crippen LogP contribution in [0.5, 0.6) is 0 Å². The normalized spacial score (nSPS) is 9.88. The Hall–Kier alpha value is -4.02. The number of carbonyl (C=O) groups is 4. The average Bonchev–Trinajstić information content (AvgIpc) is 3.19. The van der Waals surface area contributed by atoms with Gasteiger partial charge in [0.15, 0.2) is 0 Å². The molecule has 0 radical (unpaired) electrons. The van der Waals surface area contributed by atoms with Gasteiger partial charge in [-0.05, 0) is 17.2 Å². The van der Waals surface area contributed by atoms with Gasteiger partial charge in [-0.1, -0.05) is 60.7 Å². The van der Waals surface area contributed by atoms with Gasteiger partial charge in [0.25, 0.3) is 5.91 Å². The summed E-state index contributed by atoms with van der Waals surface area (Å²) in [4.78, 5) is 43.0. The van der Waals surface area contributed by atoms with Gasteiger partial charge in [-0.25, -0.2) is 9.59 Å². The molecule has 0 fully saturated rings. The highest BCUT2D eigenvalue weighted by atomic mass is 32.1. The van der Waals surface area contributed by atoms with E-state index in [4.69, 9.17) is 25.5 Å². The molecule has 0 unspecified atom stereocenters. The predicted octanol–water partition coefficient (Wildman–Crippen LogP) is 2.40. The molecule has 166 valence electrons. The Bertz CT molecular complexity index is 1070. The van der Waals surface area contributed by atoms with E-state index < -0.39 is 17.8 Å². The molecule has 0 atom stereocenters. The molecule has 0 aliphatic rings. The number of hydrogen-bond donors (Lipinski definition) is 5. The minimum absolute atomic E-state index is 0.145. The molecule has 3 rings (SSSR count). The molecule has 0 aliphatic heterocycles. The molecule has 2 aromatic carbocycles. The molecule has 1 aromatic heterocycles. The minimum atomic E-state index is -1.82. The first-order valence-electron chi connectivity index (χ1n) is 9.27. The molecule has 0 bridgehead atoms. The van der Waals surface area contributed by atoms with Gasteiger partial charge in [-0.15, -0.1) is 11.3 Å². The lowest BCUT2D eigenvalue weighted by atomic mass is 10.1. The molecule has 6 N–H and O–H groups in total. The number of primary amides is 1. The van der Waals surface area contributed by atoms with Crippen LogP contribution in [-0.2, 0) is 20.9 Å². The maximum Gasteiger partial charge on any atom is 0.414 e. The summed E-state index contributed by atoms with van der Waals surface area (Å²) >= 11 is 1.34. The van der Waals surface area contributed by atoms with Gasteiger partial charge in [-0.2, -0.15) is 0 Å². The summed E-state index contributed by atoms with van der Waals surface area (Å²) in [6.07, 6.45) is 0. The molecule has 0 saturated heterocycles. The number of amides is 2. The van der Waals surface area contributed by atoms with Crippen LogP contribution in [0.2, 0.25) is 0 Å². The van der Waals surface area contributed by atoms with Crippen molar-refractivity contribution in [2.75, 3.05) is 11.9 Å². The van der Waals surface area contributed by atoms with Crippen LogP contribution in [0.3, 0.4) is 0 Å². The Morgan fingerprint density at radius 2 is 1.44 bits per heavy atom. The van der Waals surface area contributed by atoms with Crippen molar-refractivity contribution in [3.63, 3.8) is 0 Å². The second-order valence-electron chi connectivity index (χ2n) is 6.33. The van der Waals surface area contributed by atoms with E-state index in [1.54, 1.807) is 6.07 Å². The van der Waals surface area contributed by atoms with Gasteiger partial charge in [0, 0.05) is 11.4 Å². The van der Waals surface area contributed by atoms with Crippen LogP contribution in [0.15, 0.2) is 66.7 Å². The maximum absolute atomic E-state index is 12.2. The molecule has 3 aromatic rings. The number of nitrogens with two attached hydrogens (primary N) is 1. The van der Waals surface area contributed by atoms with Crippen LogP contribution in [0, 0.1) is 0 Å². The van der Waals surface area contributed by atoms with Crippen molar-refractivity contribution >= 4 is 40.1 Å². The van der Waals surface area contributed by atoms with E-state index in [9.17, 15) is 9.59 Å². The Labute approximate surface area is 187 Å². The summed E-state index contributed by atoms with van der Waals surface area (Å²) in [5, 5.41) is 21.1. The molecule has 1 heterocycles. The summed E-state index contributed by atoms with van der Waals surface area (Å²) < 4.78 is 0. The third kappa shape index (κ3) is 7.67. The van der Waals surface area contributed by atoms with Gasteiger partial charge in [0.2, 0.25) is 5.91 Å². The first-order chi connectivity index (χ1) is 15.3. The lowest BCUT2D eigenvalue weighted by molar-refractivity contribution is -0.159. The number of carbonyl (C=O) groups excluding carboxylic acids is 2. The summed E-state index contributed by atoms with van der Waals surface area (Å²) in [6.45, 7) is 0.738. The van der Waals surface area contributed by atoms with Crippen molar-refractivity contribution < 1.29 is 29.4 Å². The second-order valence-corrected chi connectivity index (χ2v) is 7.38. The van der Waals surface area contributed by atoms with Crippen molar-refractivity contribution in [1.82, 2.24) is 5.32 Å². The van der Waals surface area contributed by atoms with Crippen molar-refractivity contribution in [1.29, 1.82) is 0 Å². The van der Waals surface area contributed by atoms with Crippen molar-refractivity contribution in [3.05, 3.63) is 77.9 Å². The number of rotatable bonds is 7. The minimum Gasteiger partial charge on any atom is -0.473 e. The first-order valence-corrected chi connectivity index (χ1v) is 10.1. The number of carboxylic acid groups (broad SMARTS) is 2. The van der Waals surface area contributed by atoms with Gasteiger partial charge >= 0.3 is 11.9 Å². The molecule has 0 spiro atoms. The van der Waals surface area contributed by atoms with Crippen LogP contribution in [0.1, 0.15) is 15.9 Å². The van der Waals surface area contributed by atoms with Gasteiger partial charge in [0.1, 0.15) is 5.00 Å². The summed E-state index contributed by atoms with van der Waals surface area (Å²) in [5.41, 5.74) is 7.86. The predicted molar refractivity (Wildman–Crippen MR) is 120 cm³/mol. The molecular weight excluding hydrogens is 434 g/mol. The van der Waals surface area contributed by atoms with Crippen LogP contribution in [0.4, 0.5) is 5.00 Å². The zero-order valence-electron chi connectivity index (χ0n) is 16.8. The Morgan fingerprint density at radius 1 is 0.875 bits per heavy atom. The smallest absolute Gasteiger partial charge is 0.414 e. The van der Waals surface area contributed by atoms with E-state index in [-0.39, 0.29) is 12.5 Å². The maximum atomic E-state index is 12.2. The summed E-state index contributed by atoms with van der Waals surface area (Å²) in [7, 11) is 0. The number of thiophene rings is 1. The van der Waals surface area contributed by atoms with Crippen LogP contribution in [-0.4, -0.2) is 40.5 Å². The van der Waals surface area contributed by atoms with Gasteiger partial charge in [-0.3, -0.25) is 9.59 Å². The number of anilines is 1. The quantitative estimate of drug-likeness (QED) is 0.342. The number of benzene rings is 2. The van der Waals surface area contributed by atoms with Crippen LogP contribution in [0.25, 0.3) is 10.4 Å². The Morgan fingerprint density at radius 3 is 1.97 bits per heavy atom. The Balaban J connectivity index is 0.000000534.